The molecule has 0 bridgehead atoms. The highest BCUT2D eigenvalue weighted by Crippen LogP contribution is 2.35. The second-order valence-corrected chi connectivity index (χ2v) is 12.6. The van der Waals surface area contributed by atoms with E-state index in [4.69, 9.17) is 0 Å². The predicted octanol–water partition coefficient (Wildman–Crippen LogP) is 6.26. The summed E-state index contributed by atoms with van der Waals surface area (Å²) in [5.74, 6) is -0.242. The maximum atomic E-state index is 13.2. The average Bonchev–Trinajstić information content (AvgIpc) is 2.87. The van der Waals surface area contributed by atoms with Crippen molar-refractivity contribution in [2.45, 2.75) is 57.4 Å². The van der Waals surface area contributed by atoms with E-state index >= 15 is 0 Å². The van der Waals surface area contributed by atoms with E-state index in [1.165, 1.54) is 0 Å². The van der Waals surface area contributed by atoms with Crippen LogP contribution in [-0.2, 0) is 27.8 Å². The minimum atomic E-state index is -3.98. The largest absolute Gasteiger partial charge is 0.305 e. The van der Waals surface area contributed by atoms with Crippen molar-refractivity contribution < 1.29 is 13.2 Å². The zero-order chi connectivity index (χ0) is 28.3. The lowest BCUT2D eigenvalue weighted by atomic mass is 9.84. The first kappa shape index (κ1) is 28.5. The lowest BCUT2D eigenvalue weighted by molar-refractivity contribution is -0.118. The van der Waals surface area contributed by atoms with Gasteiger partial charge >= 0.3 is 0 Å². The van der Waals surface area contributed by atoms with E-state index < -0.39 is 15.9 Å². The summed E-state index contributed by atoms with van der Waals surface area (Å²) in [5, 5.41) is 2.19. The van der Waals surface area contributed by atoms with E-state index in [-0.39, 0.29) is 23.2 Å². The number of carbonyl (C=O) groups excluding carboxylic acids is 1. The first-order valence-corrected chi connectivity index (χ1v) is 14.7. The number of carbonyl (C=O) groups is 1. The van der Waals surface area contributed by atoms with Crippen molar-refractivity contribution in [1.82, 2.24) is 14.6 Å². The van der Waals surface area contributed by atoms with Gasteiger partial charge in [0.05, 0.1) is 11.3 Å². The van der Waals surface area contributed by atoms with Crippen LogP contribution < -0.4 is 4.72 Å². The molecule has 0 radical (unpaired) electrons. The van der Waals surface area contributed by atoms with Gasteiger partial charge in [-0.15, -0.1) is 0 Å². The summed E-state index contributed by atoms with van der Waals surface area (Å²) >= 11 is 0. The molecule has 1 N–H and O–H groups in total. The summed E-state index contributed by atoms with van der Waals surface area (Å²) in [6, 6.07) is 19.2. The zero-order valence-corrected chi connectivity index (χ0v) is 24.3. The summed E-state index contributed by atoms with van der Waals surface area (Å²) in [6.07, 6.45) is 3.63. The lowest BCUT2D eigenvalue weighted by Crippen LogP contribution is -2.32. The molecule has 7 heteroatoms. The third kappa shape index (κ3) is 6.72. The molecule has 0 fully saturated rings. The fourth-order valence-electron chi connectivity index (χ4n) is 4.93. The van der Waals surface area contributed by atoms with E-state index in [1.54, 1.807) is 30.5 Å². The van der Waals surface area contributed by atoms with Crippen LogP contribution in [0.5, 0.6) is 0 Å². The summed E-state index contributed by atoms with van der Waals surface area (Å²) in [6.45, 7) is 9.10. The molecule has 0 aliphatic carbocycles. The number of hydrogen-bond acceptors (Lipinski definition) is 5. The van der Waals surface area contributed by atoms with Gasteiger partial charge < -0.3 is 4.90 Å². The van der Waals surface area contributed by atoms with E-state index in [2.05, 4.69) is 67.7 Å². The molecule has 0 aliphatic rings. The number of hydrogen-bond donors (Lipinski definition) is 1. The molecule has 0 spiro atoms. The molecule has 0 saturated heterocycles. The van der Waals surface area contributed by atoms with Gasteiger partial charge in [-0.1, -0.05) is 64.1 Å². The van der Waals surface area contributed by atoms with Gasteiger partial charge in [0.25, 0.3) is 10.0 Å². The molecule has 1 aromatic heterocycles. The minimum Gasteiger partial charge on any atom is -0.305 e. The summed E-state index contributed by atoms with van der Waals surface area (Å²) in [4.78, 5) is 19.5. The first-order chi connectivity index (χ1) is 18.4. The van der Waals surface area contributed by atoms with Crippen molar-refractivity contribution in [2.24, 2.45) is 0 Å². The van der Waals surface area contributed by atoms with Crippen LogP contribution in [0.15, 0.2) is 78.0 Å². The first-order valence-electron chi connectivity index (χ1n) is 13.2. The van der Waals surface area contributed by atoms with Crippen LogP contribution >= 0.6 is 0 Å². The Kier molecular flexibility index (Phi) is 8.52. The van der Waals surface area contributed by atoms with E-state index in [0.717, 1.165) is 44.2 Å². The third-order valence-electron chi connectivity index (χ3n) is 6.85. The number of nitrogens with one attached hydrogen (secondary N) is 1. The molecule has 3 aromatic carbocycles. The Bertz CT molecular complexity index is 1560. The van der Waals surface area contributed by atoms with E-state index in [9.17, 15) is 13.2 Å². The normalized spacial score (nSPS) is 12.0. The quantitative estimate of drug-likeness (QED) is 0.270. The Balaban J connectivity index is 1.65. The Morgan fingerprint density at radius 3 is 2.08 bits per heavy atom. The predicted molar refractivity (Wildman–Crippen MR) is 158 cm³/mol. The average molecular weight is 544 g/mol. The van der Waals surface area contributed by atoms with Gasteiger partial charge in [-0.2, -0.15) is 0 Å². The van der Waals surface area contributed by atoms with Gasteiger partial charge in [-0.05, 0) is 89.0 Å². The number of amides is 1. The number of pyridine rings is 1. The van der Waals surface area contributed by atoms with Gasteiger partial charge in [0.15, 0.2) is 0 Å². The number of fused-ring (bicyclic) bond motifs is 1. The fraction of sp³-hybridized carbons (Fsp3) is 0.312. The minimum absolute atomic E-state index is 0.0113. The Labute approximate surface area is 232 Å². The molecule has 0 aliphatic heterocycles. The maximum Gasteiger partial charge on any atom is 0.264 e. The number of nitrogens with zero attached hydrogens (tertiary/aromatic N) is 2. The van der Waals surface area contributed by atoms with Crippen molar-refractivity contribution in [3.05, 3.63) is 95.3 Å². The molecule has 204 valence electrons. The van der Waals surface area contributed by atoms with Crippen LogP contribution in [0.25, 0.3) is 21.9 Å². The molecule has 6 nitrogen and oxygen atoms in total. The Morgan fingerprint density at radius 2 is 1.49 bits per heavy atom. The standard InChI is InChI=1S/C32H37N3O3S/c1-21(2)29-16-27(24-9-10-26-19-33-14-13-25(26)15-24)17-30(22(3)4)31(29)18-32(36)34-39(37,38)28-11-7-23(8-12-28)20-35(5)6/h7-17,19,21-22H,18,20H2,1-6H3,(H,34,36). The van der Waals surface area contributed by atoms with Crippen LogP contribution in [0.3, 0.4) is 0 Å². The lowest BCUT2D eigenvalue weighted by Gasteiger charge is -2.22. The zero-order valence-electron chi connectivity index (χ0n) is 23.5. The number of rotatable bonds is 9. The number of sulfonamides is 1. The van der Waals surface area contributed by atoms with Crippen LogP contribution in [0.1, 0.15) is 61.8 Å². The van der Waals surface area contributed by atoms with E-state index in [1.807, 2.05) is 31.3 Å². The molecule has 0 atom stereocenters. The number of aromatic nitrogens is 1. The van der Waals surface area contributed by atoms with Crippen molar-refractivity contribution in [3.8, 4) is 11.1 Å². The smallest absolute Gasteiger partial charge is 0.264 e. The van der Waals surface area contributed by atoms with Gasteiger partial charge in [-0.25, -0.2) is 13.1 Å². The van der Waals surface area contributed by atoms with Gasteiger partial charge in [0, 0.05) is 24.3 Å². The van der Waals surface area contributed by atoms with Crippen molar-refractivity contribution in [1.29, 1.82) is 0 Å². The summed E-state index contributed by atoms with van der Waals surface area (Å²) in [7, 11) is -0.0769. The SMILES string of the molecule is CC(C)c1cc(-c2ccc3cnccc3c2)cc(C(C)C)c1CC(=O)NS(=O)(=O)c1ccc(CN(C)C)cc1. The molecule has 4 aromatic rings. The van der Waals surface area contributed by atoms with Gasteiger partial charge in [0.1, 0.15) is 0 Å². The molecule has 0 saturated carbocycles. The topological polar surface area (TPSA) is 79.4 Å². The fourth-order valence-corrected chi connectivity index (χ4v) is 5.91. The Morgan fingerprint density at radius 1 is 0.846 bits per heavy atom. The molecular weight excluding hydrogens is 506 g/mol. The second-order valence-electron chi connectivity index (χ2n) is 11.0. The van der Waals surface area contributed by atoms with Crippen molar-refractivity contribution in [3.63, 3.8) is 0 Å². The molecule has 1 amide bonds. The van der Waals surface area contributed by atoms with Crippen LogP contribution in [-0.4, -0.2) is 38.3 Å². The highest BCUT2D eigenvalue weighted by Gasteiger charge is 2.23. The maximum absolute atomic E-state index is 13.2. The van der Waals surface area contributed by atoms with Gasteiger partial charge in [-0.3, -0.25) is 9.78 Å². The van der Waals surface area contributed by atoms with Crippen LogP contribution in [0, 0.1) is 0 Å². The molecule has 1 heterocycles. The van der Waals surface area contributed by atoms with Crippen LogP contribution in [0.2, 0.25) is 0 Å². The number of benzene rings is 3. The molecular formula is C32H37N3O3S. The summed E-state index contributed by atoms with van der Waals surface area (Å²) in [5.41, 5.74) is 6.15. The summed E-state index contributed by atoms with van der Waals surface area (Å²) < 4.78 is 28.3. The second kappa shape index (κ2) is 11.7. The van der Waals surface area contributed by atoms with Crippen molar-refractivity contribution >= 4 is 26.7 Å². The van der Waals surface area contributed by atoms with E-state index in [0.29, 0.717) is 6.54 Å². The van der Waals surface area contributed by atoms with Gasteiger partial charge in [0.2, 0.25) is 5.91 Å². The highest BCUT2D eigenvalue weighted by atomic mass is 32.2. The third-order valence-corrected chi connectivity index (χ3v) is 8.24. The molecule has 0 unspecified atom stereocenters. The van der Waals surface area contributed by atoms with Crippen LogP contribution in [0.4, 0.5) is 0 Å². The highest BCUT2D eigenvalue weighted by molar-refractivity contribution is 7.90. The molecule has 4 rings (SSSR count). The Hall–Kier alpha value is -3.55. The molecule has 39 heavy (non-hydrogen) atoms. The van der Waals surface area contributed by atoms with Crippen molar-refractivity contribution in [2.75, 3.05) is 14.1 Å². The monoisotopic (exact) mass is 543 g/mol.